The second kappa shape index (κ2) is 5.72. The van der Waals surface area contributed by atoms with Gasteiger partial charge >= 0.3 is 0 Å². The maximum Gasteiger partial charge on any atom is 0.146 e. The molecule has 1 N–H and O–H groups in total. The van der Waals surface area contributed by atoms with Crippen molar-refractivity contribution in [2.24, 2.45) is 5.92 Å². The van der Waals surface area contributed by atoms with Crippen molar-refractivity contribution in [1.29, 1.82) is 0 Å². The van der Waals surface area contributed by atoms with E-state index in [4.69, 9.17) is 0 Å². The SMILES string of the molecule is CC(C1CC1)N(C)c1ccc(CNC(C)(C)C)cc1F. The largest absolute Gasteiger partial charge is 0.369 e. The van der Waals surface area contributed by atoms with Crippen LogP contribution in [0.3, 0.4) is 0 Å². The molecule has 1 fully saturated rings. The summed E-state index contributed by atoms with van der Waals surface area (Å²) >= 11 is 0. The Kier molecular flexibility index (Phi) is 4.38. The number of anilines is 1. The summed E-state index contributed by atoms with van der Waals surface area (Å²) in [5, 5.41) is 3.38. The lowest BCUT2D eigenvalue weighted by Crippen LogP contribution is -2.35. The van der Waals surface area contributed by atoms with Gasteiger partial charge in [-0.2, -0.15) is 0 Å². The van der Waals surface area contributed by atoms with E-state index in [1.54, 1.807) is 6.07 Å². The molecule has 20 heavy (non-hydrogen) atoms. The van der Waals surface area contributed by atoms with Crippen LogP contribution < -0.4 is 10.2 Å². The lowest BCUT2D eigenvalue weighted by molar-refractivity contribution is 0.423. The average Bonchev–Trinajstić information content (AvgIpc) is 3.18. The second-order valence-corrected chi connectivity index (χ2v) is 7.08. The van der Waals surface area contributed by atoms with Crippen molar-refractivity contribution >= 4 is 5.69 Å². The van der Waals surface area contributed by atoms with E-state index in [9.17, 15) is 4.39 Å². The maximum absolute atomic E-state index is 14.3. The van der Waals surface area contributed by atoms with Gasteiger partial charge < -0.3 is 10.2 Å². The van der Waals surface area contributed by atoms with Crippen LogP contribution in [0.2, 0.25) is 0 Å². The highest BCUT2D eigenvalue weighted by Gasteiger charge is 2.31. The number of nitrogens with one attached hydrogen (secondary N) is 1. The molecule has 1 unspecified atom stereocenters. The van der Waals surface area contributed by atoms with Crippen LogP contribution >= 0.6 is 0 Å². The molecule has 0 radical (unpaired) electrons. The molecule has 0 bridgehead atoms. The minimum Gasteiger partial charge on any atom is -0.369 e. The van der Waals surface area contributed by atoms with Crippen LogP contribution in [0.15, 0.2) is 18.2 Å². The number of hydrogen-bond donors (Lipinski definition) is 1. The Balaban J connectivity index is 2.05. The fraction of sp³-hybridized carbons (Fsp3) is 0.647. The summed E-state index contributed by atoms with van der Waals surface area (Å²) in [5.74, 6) is 0.620. The Hall–Kier alpha value is -1.09. The summed E-state index contributed by atoms with van der Waals surface area (Å²) in [5.41, 5.74) is 1.75. The van der Waals surface area contributed by atoms with Crippen molar-refractivity contribution in [2.45, 2.75) is 58.7 Å². The molecule has 0 amide bonds. The van der Waals surface area contributed by atoms with Gasteiger partial charge in [-0.05, 0) is 64.2 Å². The van der Waals surface area contributed by atoms with Gasteiger partial charge in [0.25, 0.3) is 0 Å². The monoisotopic (exact) mass is 278 g/mol. The molecule has 1 aliphatic carbocycles. The summed E-state index contributed by atoms with van der Waals surface area (Å²) in [6, 6.07) is 6.01. The van der Waals surface area contributed by atoms with Crippen LogP contribution in [0.5, 0.6) is 0 Å². The van der Waals surface area contributed by atoms with E-state index in [1.165, 1.54) is 12.8 Å². The van der Waals surface area contributed by atoms with E-state index in [1.807, 2.05) is 19.2 Å². The third-order valence-corrected chi connectivity index (χ3v) is 4.13. The van der Waals surface area contributed by atoms with Gasteiger partial charge in [-0.3, -0.25) is 0 Å². The first-order valence-corrected chi connectivity index (χ1v) is 7.54. The topological polar surface area (TPSA) is 15.3 Å². The third-order valence-electron chi connectivity index (χ3n) is 4.13. The first-order chi connectivity index (χ1) is 9.28. The van der Waals surface area contributed by atoms with E-state index in [2.05, 4.69) is 37.9 Å². The molecule has 1 atom stereocenters. The lowest BCUT2D eigenvalue weighted by atomic mass is 10.1. The van der Waals surface area contributed by atoms with Gasteiger partial charge in [-0.25, -0.2) is 4.39 Å². The molecule has 1 saturated carbocycles. The number of nitrogens with zero attached hydrogens (tertiary/aromatic N) is 1. The van der Waals surface area contributed by atoms with Crippen molar-refractivity contribution in [3.63, 3.8) is 0 Å². The highest BCUT2D eigenvalue weighted by atomic mass is 19.1. The molecule has 3 heteroatoms. The molecule has 1 aromatic rings. The molecule has 0 aromatic heterocycles. The van der Waals surface area contributed by atoms with E-state index < -0.39 is 0 Å². The summed E-state index contributed by atoms with van der Waals surface area (Å²) in [7, 11) is 1.99. The van der Waals surface area contributed by atoms with Gasteiger partial charge in [0, 0.05) is 25.2 Å². The second-order valence-electron chi connectivity index (χ2n) is 7.08. The summed E-state index contributed by atoms with van der Waals surface area (Å²) in [4.78, 5) is 2.08. The Morgan fingerprint density at radius 1 is 1.35 bits per heavy atom. The average molecular weight is 278 g/mol. The third kappa shape index (κ3) is 3.95. The van der Waals surface area contributed by atoms with Crippen molar-refractivity contribution in [3.05, 3.63) is 29.6 Å². The quantitative estimate of drug-likeness (QED) is 0.877. The normalized spacial score (nSPS) is 17.1. The molecule has 1 aromatic carbocycles. The van der Waals surface area contributed by atoms with Crippen LogP contribution in [-0.2, 0) is 6.54 Å². The standard InChI is InChI=1S/C17H27FN2/c1-12(14-7-8-14)20(5)16-9-6-13(10-15(16)18)11-19-17(2,3)4/h6,9-10,12,14,19H,7-8,11H2,1-5H3. The highest BCUT2D eigenvalue weighted by Crippen LogP contribution is 2.36. The van der Waals surface area contributed by atoms with Crippen molar-refractivity contribution in [2.75, 3.05) is 11.9 Å². The van der Waals surface area contributed by atoms with Gasteiger partial charge in [0.2, 0.25) is 0 Å². The zero-order chi connectivity index (χ0) is 14.9. The molecule has 0 saturated heterocycles. The molecule has 0 aliphatic heterocycles. The van der Waals surface area contributed by atoms with Crippen LogP contribution in [0, 0.1) is 11.7 Å². The highest BCUT2D eigenvalue weighted by molar-refractivity contribution is 5.49. The smallest absolute Gasteiger partial charge is 0.146 e. The van der Waals surface area contributed by atoms with Gasteiger partial charge in [0.05, 0.1) is 5.69 Å². The van der Waals surface area contributed by atoms with Crippen molar-refractivity contribution in [3.8, 4) is 0 Å². The minimum atomic E-state index is -0.117. The van der Waals surface area contributed by atoms with Crippen molar-refractivity contribution in [1.82, 2.24) is 5.32 Å². The fourth-order valence-electron chi connectivity index (χ4n) is 2.43. The number of benzene rings is 1. The molecule has 2 nitrogen and oxygen atoms in total. The van der Waals surface area contributed by atoms with Gasteiger partial charge in [0.1, 0.15) is 5.82 Å². The number of hydrogen-bond acceptors (Lipinski definition) is 2. The molecule has 1 aliphatic rings. The minimum absolute atomic E-state index is 0.0480. The predicted octanol–water partition coefficient (Wildman–Crippen LogP) is 3.95. The summed E-state index contributed by atoms with van der Waals surface area (Å²) in [6.45, 7) is 9.23. The zero-order valence-electron chi connectivity index (χ0n) is 13.3. The van der Waals surface area contributed by atoms with Crippen LogP contribution in [0.4, 0.5) is 10.1 Å². The summed E-state index contributed by atoms with van der Waals surface area (Å²) < 4.78 is 14.3. The first kappa shape index (κ1) is 15.3. The molecule has 112 valence electrons. The van der Waals surface area contributed by atoms with Gasteiger partial charge in [-0.1, -0.05) is 6.07 Å². The Morgan fingerprint density at radius 3 is 2.50 bits per heavy atom. The van der Waals surface area contributed by atoms with Crippen LogP contribution in [0.25, 0.3) is 0 Å². The van der Waals surface area contributed by atoms with E-state index in [-0.39, 0.29) is 11.4 Å². The molecule has 2 rings (SSSR count). The van der Waals surface area contributed by atoms with Crippen LogP contribution in [-0.4, -0.2) is 18.6 Å². The number of rotatable bonds is 5. The van der Waals surface area contributed by atoms with Crippen LogP contribution in [0.1, 0.15) is 46.1 Å². The molecular formula is C17H27FN2. The Bertz CT molecular complexity index is 461. The lowest BCUT2D eigenvalue weighted by Gasteiger charge is -2.28. The van der Waals surface area contributed by atoms with Crippen molar-refractivity contribution < 1.29 is 4.39 Å². The molecule has 0 heterocycles. The first-order valence-electron chi connectivity index (χ1n) is 7.54. The van der Waals surface area contributed by atoms with E-state index >= 15 is 0 Å². The summed E-state index contributed by atoms with van der Waals surface area (Å²) in [6.07, 6.45) is 2.56. The van der Waals surface area contributed by atoms with E-state index in [0.29, 0.717) is 18.3 Å². The van der Waals surface area contributed by atoms with Gasteiger partial charge in [-0.15, -0.1) is 0 Å². The van der Waals surface area contributed by atoms with E-state index in [0.717, 1.165) is 11.5 Å². The molecule has 0 spiro atoms. The predicted molar refractivity (Wildman–Crippen MR) is 83.6 cm³/mol. The fourth-order valence-corrected chi connectivity index (χ4v) is 2.43. The van der Waals surface area contributed by atoms with Gasteiger partial charge in [0.15, 0.2) is 0 Å². The zero-order valence-corrected chi connectivity index (χ0v) is 13.3. The molecular weight excluding hydrogens is 251 g/mol. The number of halogens is 1. The Labute approximate surface area is 122 Å². The maximum atomic E-state index is 14.3. The Morgan fingerprint density at radius 2 is 2.00 bits per heavy atom.